The number of nitrogens with one attached hydrogen (secondary N) is 2. The van der Waals surface area contributed by atoms with Crippen molar-refractivity contribution < 1.29 is 0 Å². The third kappa shape index (κ3) is 3.87. The highest BCUT2D eigenvalue weighted by atomic mass is 79.9. The molecule has 0 fully saturated rings. The maximum absolute atomic E-state index is 4.38. The molecule has 0 radical (unpaired) electrons. The summed E-state index contributed by atoms with van der Waals surface area (Å²) in [5, 5.41) is 10.8. The third-order valence-electron chi connectivity index (χ3n) is 2.76. The molecule has 0 bridgehead atoms. The smallest absolute Gasteiger partial charge is 0.191 e. The van der Waals surface area contributed by atoms with Gasteiger partial charge < -0.3 is 10.6 Å². The standard InChI is InChI=1S/C12H20BrN5/c1-8(13)6-15-12(14-4)16-7-11-9(2)17-18(5)10(11)3/h1,6-7H2,2-5H3,(H2,14,15,16). The van der Waals surface area contributed by atoms with E-state index in [4.69, 9.17) is 0 Å². The zero-order valence-electron chi connectivity index (χ0n) is 11.3. The second-order valence-electron chi connectivity index (χ2n) is 4.07. The molecule has 0 atom stereocenters. The fourth-order valence-electron chi connectivity index (χ4n) is 1.65. The van der Waals surface area contributed by atoms with Crippen molar-refractivity contribution >= 4 is 21.9 Å². The maximum atomic E-state index is 4.38. The quantitative estimate of drug-likeness (QED) is 0.656. The van der Waals surface area contributed by atoms with Gasteiger partial charge in [0, 0.05) is 42.9 Å². The van der Waals surface area contributed by atoms with Gasteiger partial charge in [-0.15, -0.1) is 0 Å². The first-order valence-corrected chi connectivity index (χ1v) is 6.51. The molecule has 0 aliphatic heterocycles. The van der Waals surface area contributed by atoms with Crippen LogP contribution in [0.4, 0.5) is 0 Å². The Hall–Kier alpha value is -1.30. The SMILES string of the molecule is C=C(Br)CNC(=NC)NCc1c(C)nn(C)c1C. The molecule has 0 aliphatic carbocycles. The van der Waals surface area contributed by atoms with Gasteiger partial charge in [0.2, 0.25) is 0 Å². The summed E-state index contributed by atoms with van der Waals surface area (Å²) in [6, 6.07) is 0. The summed E-state index contributed by atoms with van der Waals surface area (Å²) in [6.45, 7) is 9.20. The van der Waals surface area contributed by atoms with Gasteiger partial charge >= 0.3 is 0 Å². The lowest BCUT2D eigenvalue weighted by molar-refractivity contribution is 0.729. The lowest BCUT2D eigenvalue weighted by Gasteiger charge is -2.11. The van der Waals surface area contributed by atoms with Crippen molar-refractivity contribution in [2.45, 2.75) is 20.4 Å². The van der Waals surface area contributed by atoms with Crippen LogP contribution in [0.1, 0.15) is 17.0 Å². The molecule has 0 aliphatic rings. The molecular formula is C12H20BrN5. The molecule has 0 saturated heterocycles. The van der Waals surface area contributed by atoms with Crippen LogP contribution in [-0.4, -0.2) is 29.3 Å². The lowest BCUT2D eigenvalue weighted by atomic mass is 10.2. The average molecular weight is 314 g/mol. The van der Waals surface area contributed by atoms with E-state index in [-0.39, 0.29) is 0 Å². The van der Waals surface area contributed by atoms with E-state index >= 15 is 0 Å². The Morgan fingerprint density at radius 3 is 2.56 bits per heavy atom. The summed E-state index contributed by atoms with van der Waals surface area (Å²) in [5.41, 5.74) is 3.42. The van der Waals surface area contributed by atoms with Crippen LogP contribution in [0.3, 0.4) is 0 Å². The fourth-order valence-corrected chi connectivity index (χ4v) is 1.79. The van der Waals surface area contributed by atoms with Gasteiger partial charge in [0.1, 0.15) is 0 Å². The molecule has 100 valence electrons. The first-order chi connectivity index (χ1) is 8.45. The van der Waals surface area contributed by atoms with Crippen molar-refractivity contribution in [1.82, 2.24) is 20.4 Å². The highest BCUT2D eigenvalue weighted by Gasteiger charge is 2.09. The van der Waals surface area contributed by atoms with E-state index in [0.29, 0.717) is 13.1 Å². The zero-order chi connectivity index (χ0) is 13.7. The minimum Gasteiger partial charge on any atom is -0.352 e. The predicted molar refractivity (Wildman–Crippen MR) is 79.0 cm³/mol. The molecule has 0 amide bonds. The average Bonchev–Trinajstić information content (AvgIpc) is 2.54. The van der Waals surface area contributed by atoms with Gasteiger partial charge in [0.05, 0.1) is 5.69 Å². The molecule has 5 nitrogen and oxygen atoms in total. The van der Waals surface area contributed by atoms with E-state index in [2.05, 4.69) is 50.2 Å². The van der Waals surface area contributed by atoms with E-state index in [0.717, 1.165) is 16.1 Å². The Bertz CT molecular complexity index is 461. The van der Waals surface area contributed by atoms with Crippen LogP contribution in [0, 0.1) is 13.8 Å². The number of aliphatic imine (C=N–C) groups is 1. The third-order valence-corrected chi connectivity index (χ3v) is 3.04. The Balaban J connectivity index is 2.60. The van der Waals surface area contributed by atoms with Gasteiger partial charge in [-0.25, -0.2) is 0 Å². The first-order valence-electron chi connectivity index (χ1n) is 5.72. The highest BCUT2D eigenvalue weighted by Crippen LogP contribution is 2.10. The van der Waals surface area contributed by atoms with Crippen molar-refractivity contribution in [2.75, 3.05) is 13.6 Å². The summed E-state index contributed by atoms with van der Waals surface area (Å²) < 4.78 is 2.78. The number of hydrogen-bond acceptors (Lipinski definition) is 2. The summed E-state index contributed by atoms with van der Waals surface area (Å²) in [7, 11) is 3.70. The van der Waals surface area contributed by atoms with Gasteiger partial charge in [0.15, 0.2) is 5.96 Å². The number of rotatable bonds is 4. The van der Waals surface area contributed by atoms with Crippen LogP contribution in [0.2, 0.25) is 0 Å². The lowest BCUT2D eigenvalue weighted by Crippen LogP contribution is -2.37. The van der Waals surface area contributed by atoms with Gasteiger partial charge in [-0.1, -0.05) is 22.5 Å². The highest BCUT2D eigenvalue weighted by molar-refractivity contribution is 9.11. The van der Waals surface area contributed by atoms with Crippen LogP contribution in [0.15, 0.2) is 16.1 Å². The molecule has 1 aromatic heterocycles. The number of aryl methyl sites for hydroxylation is 2. The number of guanidine groups is 1. The minimum atomic E-state index is 0.644. The van der Waals surface area contributed by atoms with E-state index in [1.807, 2.05) is 18.7 Å². The van der Waals surface area contributed by atoms with E-state index in [9.17, 15) is 0 Å². The molecule has 1 aromatic rings. The van der Waals surface area contributed by atoms with Crippen molar-refractivity contribution in [2.24, 2.45) is 12.0 Å². The summed E-state index contributed by atoms with van der Waals surface area (Å²) in [5.74, 6) is 0.748. The second-order valence-corrected chi connectivity index (χ2v) is 5.19. The molecular weight excluding hydrogens is 294 g/mol. The number of hydrogen-bond donors (Lipinski definition) is 2. The largest absolute Gasteiger partial charge is 0.352 e. The number of aromatic nitrogens is 2. The minimum absolute atomic E-state index is 0.644. The van der Waals surface area contributed by atoms with Crippen molar-refractivity contribution in [3.05, 3.63) is 28.0 Å². The van der Waals surface area contributed by atoms with Crippen LogP contribution < -0.4 is 10.6 Å². The molecule has 0 unspecified atom stereocenters. The summed E-state index contributed by atoms with van der Waals surface area (Å²) >= 11 is 3.30. The molecule has 1 rings (SSSR count). The maximum Gasteiger partial charge on any atom is 0.191 e. The number of nitrogens with zero attached hydrogens (tertiary/aromatic N) is 3. The van der Waals surface area contributed by atoms with Gasteiger partial charge in [0.25, 0.3) is 0 Å². The zero-order valence-corrected chi connectivity index (χ0v) is 12.9. The molecule has 2 N–H and O–H groups in total. The van der Waals surface area contributed by atoms with Crippen LogP contribution in [0.25, 0.3) is 0 Å². The molecule has 0 aromatic carbocycles. The van der Waals surface area contributed by atoms with Crippen LogP contribution in [0.5, 0.6) is 0 Å². The van der Waals surface area contributed by atoms with Crippen molar-refractivity contribution in [3.63, 3.8) is 0 Å². The van der Waals surface area contributed by atoms with Crippen molar-refractivity contribution in [3.8, 4) is 0 Å². The molecule has 0 saturated carbocycles. The van der Waals surface area contributed by atoms with E-state index in [1.165, 1.54) is 11.3 Å². The predicted octanol–water partition coefficient (Wildman–Crippen LogP) is 1.61. The van der Waals surface area contributed by atoms with Gasteiger partial charge in [-0.2, -0.15) is 5.10 Å². The van der Waals surface area contributed by atoms with Gasteiger partial charge in [-0.05, 0) is 13.8 Å². The molecule has 0 spiro atoms. The Morgan fingerprint density at radius 1 is 1.44 bits per heavy atom. The van der Waals surface area contributed by atoms with E-state index < -0.39 is 0 Å². The Kier molecular flexibility index (Phi) is 5.40. The first kappa shape index (κ1) is 14.8. The topological polar surface area (TPSA) is 54.2 Å². The van der Waals surface area contributed by atoms with E-state index in [1.54, 1.807) is 7.05 Å². The van der Waals surface area contributed by atoms with Crippen LogP contribution >= 0.6 is 15.9 Å². The summed E-state index contributed by atoms with van der Waals surface area (Å²) in [6.07, 6.45) is 0. The van der Waals surface area contributed by atoms with Crippen molar-refractivity contribution in [1.29, 1.82) is 0 Å². The summed E-state index contributed by atoms with van der Waals surface area (Å²) in [4.78, 5) is 4.15. The monoisotopic (exact) mass is 313 g/mol. The molecule has 18 heavy (non-hydrogen) atoms. The van der Waals surface area contributed by atoms with Crippen LogP contribution in [-0.2, 0) is 13.6 Å². The molecule has 6 heteroatoms. The number of halogens is 1. The van der Waals surface area contributed by atoms with Gasteiger partial charge in [-0.3, -0.25) is 9.67 Å². The Labute approximate surface area is 116 Å². The Morgan fingerprint density at radius 2 is 2.11 bits per heavy atom. The molecule has 1 heterocycles. The fraction of sp³-hybridized carbons (Fsp3) is 0.500. The second kappa shape index (κ2) is 6.58. The normalized spacial score (nSPS) is 11.5.